The van der Waals surface area contributed by atoms with Crippen LogP contribution >= 0.6 is 0 Å². The van der Waals surface area contributed by atoms with E-state index in [2.05, 4.69) is 17.1 Å². The zero-order valence-electron chi connectivity index (χ0n) is 11.8. The zero-order valence-corrected chi connectivity index (χ0v) is 11.8. The van der Waals surface area contributed by atoms with Gasteiger partial charge in [0.1, 0.15) is 0 Å². The molecule has 0 aromatic heterocycles. The molecule has 1 unspecified atom stereocenters. The highest BCUT2D eigenvalue weighted by molar-refractivity contribution is 5.78. The molecule has 1 saturated carbocycles. The van der Waals surface area contributed by atoms with E-state index in [4.69, 9.17) is 0 Å². The first kappa shape index (κ1) is 13.9. The normalized spacial score (nSPS) is 25.6. The Labute approximate surface area is 111 Å². The van der Waals surface area contributed by atoms with Crippen LogP contribution in [0.1, 0.15) is 64.7 Å². The van der Waals surface area contributed by atoms with Crippen molar-refractivity contribution >= 4 is 5.91 Å². The van der Waals surface area contributed by atoms with Crippen LogP contribution in [0.2, 0.25) is 0 Å². The molecule has 0 aromatic rings. The Morgan fingerprint density at radius 2 is 1.89 bits per heavy atom. The number of carbonyl (C=O) groups excluding carboxylic acids is 1. The van der Waals surface area contributed by atoms with Crippen molar-refractivity contribution in [3.63, 3.8) is 0 Å². The van der Waals surface area contributed by atoms with Crippen molar-refractivity contribution in [2.24, 2.45) is 0 Å². The largest absolute Gasteiger partial charge is 0.339 e. The topological polar surface area (TPSA) is 32.3 Å². The Kier molecular flexibility index (Phi) is 5.48. The predicted octanol–water partition coefficient (Wildman–Crippen LogP) is 2.70. The number of rotatable bonds is 5. The molecule has 2 aliphatic rings. The van der Waals surface area contributed by atoms with Crippen LogP contribution < -0.4 is 5.32 Å². The summed E-state index contributed by atoms with van der Waals surface area (Å²) in [6, 6.07) is 1.12. The summed E-state index contributed by atoms with van der Waals surface area (Å²) in [6.07, 6.45) is 11.2. The average molecular weight is 252 g/mol. The van der Waals surface area contributed by atoms with Gasteiger partial charge in [0.2, 0.25) is 5.91 Å². The molecule has 3 heteroatoms. The maximum absolute atomic E-state index is 12.3. The summed E-state index contributed by atoms with van der Waals surface area (Å²) < 4.78 is 0. The fourth-order valence-electron chi connectivity index (χ4n) is 3.43. The number of piperidine rings is 1. The Morgan fingerprint density at radius 3 is 2.61 bits per heavy atom. The molecule has 0 aromatic carbocycles. The second kappa shape index (κ2) is 7.13. The summed E-state index contributed by atoms with van der Waals surface area (Å²) in [5.74, 6) is 0.333. The first-order valence-electron chi connectivity index (χ1n) is 7.84. The smallest absolute Gasteiger partial charge is 0.236 e. The van der Waals surface area contributed by atoms with Crippen molar-refractivity contribution in [2.45, 2.75) is 76.8 Å². The van der Waals surface area contributed by atoms with E-state index in [1.54, 1.807) is 0 Å². The third-order valence-electron chi connectivity index (χ3n) is 4.47. The van der Waals surface area contributed by atoms with Gasteiger partial charge in [0.15, 0.2) is 0 Å². The Morgan fingerprint density at radius 1 is 1.17 bits per heavy atom. The van der Waals surface area contributed by atoms with E-state index in [1.165, 1.54) is 57.8 Å². The van der Waals surface area contributed by atoms with E-state index < -0.39 is 0 Å². The van der Waals surface area contributed by atoms with Crippen LogP contribution in [0.25, 0.3) is 0 Å². The number of hydrogen-bond acceptors (Lipinski definition) is 2. The molecule has 2 fully saturated rings. The van der Waals surface area contributed by atoms with E-state index in [0.29, 0.717) is 24.5 Å². The molecule has 1 aliphatic carbocycles. The van der Waals surface area contributed by atoms with Crippen LogP contribution in [-0.2, 0) is 4.79 Å². The number of nitrogens with one attached hydrogen (secondary N) is 1. The van der Waals surface area contributed by atoms with Crippen molar-refractivity contribution in [3.05, 3.63) is 0 Å². The fourth-order valence-corrected chi connectivity index (χ4v) is 3.43. The molecule has 1 N–H and O–H groups in total. The lowest BCUT2D eigenvalue weighted by Gasteiger charge is -2.36. The summed E-state index contributed by atoms with van der Waals surface area (Å²) in [5, 5.41) is 3.45. The van der Waals surface area contributed by atoms with Crippen molar-refractivity contribution in [1.29, 1.82) is 0 Å². The van der Waals surface area contributed by atoms with Crippen LogP contribution in [0.3, 0.4) is 0 Å². The highest BCUT2D eigenvalue weighted by atomic mass is 16.2. The predicted molar refractivity (Wildman–Crippen MR) is 74.5 cm³/mol. The Hall–Kier alpha value is -0.570. The standard InChI is InChI=1S/C15H28N2O/c1-2-7-14-10-5-6-11-17(14)15(18)12-16-13-8-3-4-9-13/h13-14,16H,2-12H2,1H3. The Balaban J connectivity index is 1.77. The molecule has 0 bridgehead atoms. The minimum Gasteiger partial charge on any atom is -0.339 e. The molecule has 2 rings (SSSR count). The van der Waals surface area contributed by atoms with Gasteiger partial charge in [-0.1, -0.05) is 26.2 Å². The van der Waals surface area contributed by atoms with Crippen LogP contribution in [0.4, 0.5) is 0 Å². The zero-order chi connectivity index (χ0) is 12.8. The highest BCUT2D eigenvalue weighted by Gasteiger charge is 2.26. The number of hydrogen-bond donors (Lipinski definition) is 1. The molecule has 1 atom stereocenters. The lowest BCUT2D eigenvalue weighted by Crippen LogP contribution is -2.48. The third-order valence-corrected chi connectivity index (χ3v) is 4.47. The lowest BCUT2D eigenvalue weighted by atomic mass is 9.98. The minimum absolute atomic E-state index is 0.333. The monoisotopic (exact) mass is 252 g/mol. The minimum atomic E-state index is 0.333. The Bertz CT molecular complexity index is 259. The maximum atomic E-state index is 12.3. The molecule has 0 radical (unpaired) electrons. The second-order valence-corrected chi connectivity index (χ2v) is 5.89. The summed E-state index contributed by atoms with van der Waals surface area (Å²) in [7, 11) is 0. The fraction of sp³-hybridized carbons (Fsp3) is 0.933. The van der Waals surface area contributed by atoms with E-state index in [0.717, 1.165) is 6.54 Å². The molecular formula is C15H28N2O. The first-order valence-corrected chi connectivity index (χ1v) is 7.84. The highest BCUT2D eigenvalue weighted by Crippen LogP contribution is 2.21. The molecule has 1 amide bonds. The number of likely N-dealkylation sites (tertiary alicyclic amines) is 1. The van der Waals surface area contributed by atoms with Gasteiger partial charge in [0.05, 0.1) is 6.54 Å². The van der Waals surface area contributed by atoms with Gasteiger partial charge in [0.25, 0.3) is 0 Å². The van der Waals surface area contributed by atoms with Crippen molar-refractivity contribution in [3.8, 4) is 0 Å². The summed E-state index contributed by atoms with van der Waals surface area (Å²) in [5.41, 5.74) is 0. The van der Waals surface area contributed by atoms with Gasteiger partial charge < -0.3 is 10.2 Å². The number of carbonyl (C=O) groups is 1. The molecule has 104 valence electrons. The van der Waals surface area contributed by atoms with Crippen molar-refractivity contribution in [1.82, 2.24) is 10.2 Å². The molecule has 3 nitrogen and oxygen atoms in total. The molecular weight excluding hydrogens is 224 g/mol. The van der Waals surface area contributed by atoms with Gasteiger partial charge in [-0.05, 0) is 38.5 Å². The van der Waals surface area contributed by atoms with Crippen molar-refractivity contribution in [2.75, 3.05) is 13.1 Å². The van der Waals surface area contributed by atoms with E-state index in [9.17, 15) is 4.79 Å². The van der Waals surface area contributed by atoms with E-state index in [-0.39, 0.29) is 0 Å². The number of nitrogens with zero attached hydrogens (tertiary/aromatic N) is 1. The summed E-state index contributed by atoms with van der Waals surface area (Å²) in [4.78, 5) is 14.5. The van der Waals surface area contributed by atoms with Crippen LogP contribution in [0.15, 0.2) is 0 Å². The van der Waals surface area contributed by atoms with Gasteiger partial charge in [-0.15, -0.1) is 0 Å². The second-order valence-electron chi connectivity index (χ2n) is 5.89. The third kappa shape index (κ3) is 3.71. The van der Waals surface area contributed by atoms with Crippen LogP contribution in [0.5, 0.6) is 0 Å². The van der Waals surface area contributed by atoms with Gasteiger partial charge in [-0.25, -0.2) is 0 Å². The quantitative estimate of drug-likeness (QED) is 0.816. The van der Waals surface area contributed by atoms with Gasteiger partial charge in [0, 0.05) is 18.6 Å². The SMILES string of the molecule is CCCC1CCCCN1C(=O)CNC1CCCC1. The average Bonchev–Trinajstić information content (AvgIpc) is 2.90. The summed E-state index contributed by atoms with van der Waals surface area (Å²) in [6.45, 7) is 3.76. The van der Waals surface area contributed by atoms with E-state index in [1.807, 2.05) is 0 Å². The van der Waals surface area contributed by atoms with Crippen LogP contribution in [0, 0.1) is 0 Å². The molecule has 18 heavy (non-hydrogen) atoms. The number of amides is 1. The summed E-state index contributed by atoms with van der Waals surface area (Å²) >= 11 is 0. The van der Waals surface area contributed by atoms with Gasteiger partial charge in [-0.2, -0.15) is 0 Å². The maximum Gasteiger partial charge on any atom is 0.236 e. The molecule has 0 spiro atoms. The van der Waals surface area contributed by atoms with E-state index >= 15 is 0 Å². The van der Waals surface area contributed by atoms with Crippen molar-refractivity contribution < 1.29 is 4.79 Å². The molecule has 1 heterocycles. The molecule has 1 aliphatic heterocycles. The lowest BCUT2D eigenvalue weighted by molar-refractivity contribution is -0.134. The van der Waals surface area contributed by atoms with Crippen LogP contribution in [-0.4, -0.2) is 36.0 Å². The first-order chi connectivity index (χ1) is 8.81. The van der Waals surface area contributed by atoms with Gasteiger partial charge in [-0.3, -0.25) is 4.79 Å². The van der Waals surface area contributed by atoms with Gasteiger partial charge >= 0.3 is 0 Å². The molecule has 1 saturated heterocycles.